The van der Waals surface area contributed by atoms with E-state index in [1.807, 2.05) is 21.3 Å². The van der Waals surface area contributed by atoms with Gasteiger partial charge in [0.15, 0.2) is 0 Å². The molecule has 13 nitrogen and oxygen atoms in total. The van der Waals surface area contributed by atoms with Gasteiger partial charge < -0.3 is 64.7 Å². The van der Waals surface area contributed by atoms with Crippen LogP contribution in [0.3, 0.4) is 0 Å². The van der Waals surface area contributed by atoms with E-state index in [2.05, 4.69) is 4.37 Å². The Morgan fingerprint density at radius 2 is 0.550 bits per heavy atom. The molecule has 0 radical (unpaired) electrons. The normalized spacial score (nSPS) is 7.20. The van der Waals surface area contributed by atoms with Crippen LogP contribution in [0.2, 0.25) is 0 Å². The lowest BCUT2D eigenvalue weighted by atomic mass is 10.3. The van der Waals surface area contributed by atoms with Gasteiger partial charge in [0, 0.05) is 0 Å². The second-order valence-corrected chi connectivity index (χ2v) is 2.59. The van der Waals surface area contributed by atoms with Crippen LogP contribution in [0.15, 0.2) is 0 Å². The van der Waals surface area contributed by atoms with E-state index in [0.29, 0.717) is 0 Å². The zero-order valence-electron chi connectivity index (χ0n) is 11.0. The smallest absolute Gasteiger partial charge is 0.631 e. The van der Waals surface area contributed by atoms with Gasteiger partial charge in [0.25, 0.3) is 0 Å². The van der Waals surface area contributed by atoms with Crippen molar-refractivity contribution in [3.05, 3.63) is 0 Å². The topological polar surface area (TPSA) is 248 Å². The fourth-order valence-corrected chi connectivity index (χ4v) is 0. The van der Waals surface area contributed by atoms with Crippen LogP contribution >= 0.6 is 0 Å². The lowest BCUT2D eigenvalue weighted by Crippen LogP contribution is -2.29. The highest BCUT2D eigenvalue weighted by molar-refractivity contribution is 6.31. The molecule has 0 amide bonds. The van der Waals surface area contributed by atoms with Crippen molar-refractivity contribution in [2.45, 2.75) is 0 Å². The van der Waals surface area contributed by atoms with E-state index < -0.39 is 29.3 Å². The average Bonchev–Trinajstić information content (AvgIpc) is 1.94. The van der Waals surface area contributed by atoms with Crippen molar-refractivity contribution < 1.29 is 64.7 Å². The van der Waals surface area contributed by atoms with Gasteiger partial charge in [-0.2, -0.15) is 0 Å². The summed E-state index contributed by atoms with van der Waals surface area (Å²) < 4.78 is 2.58. The second-order valence-electron chi connectivity index (χ2n) is 2.59. The van der Waals surface area contributed by atoms with Crippen molar-refractivity contribution >= 4 is 29.3 Å². The largest absolute Gasteiger partial charge is 0.832 e. The van der Waals surface area contributed by atoms with Crippen molar-refractivity contribution in [2.75, 3.05) is 21.3 Å². The molecule has 0 heterocycles. The maximum Gasteiger partial charge on any atom is 0.631 e. The van der Waals surface area contributed by atoms with Crippen LogP contribution in [0.4, 0.5) is 0 Å². The summed E-state index contributed by atoms with van der Waals surface area (Å²) in [6.45, 7) is 0. The molecule has 20 heavy (non-hydrogen) atoms. The maximum atomic E-state index is 8.64. The summed E-state index contributed by atoms with van der Waals surface area (Å²) in [5.74, 6) is 0. The molecule has 0 rings (SSSR count). The Morgan fingerprint density at radius 1 is 0.550 bits per heavy atom. The van der Waals surface area contributed by atoms with Crippen molar-refractivity contribution in [2.24, 2.45) is 0 Å². The van der Waals surface area contributed by atoms with E-state index in [1.54, 1.807) is 0 Å². The molecule has 0 atom stereocenters. The first-order valence-corrected chi connectivity index (χ1v) is 4.30. The van der Waals surface area contributed by atoms with Gasteiger partial charge in [-0.25, -0.2) is 0 Å². The van der Waals surface area contributed by atoms with Crippen molar-refractivity contribution in [1.29, 1.82) is 0 Å². The molecule has 0 bridgehead atoms. The molecule has 0 saturated heterocycles. The Kier molecular flexibility index (Phi) is 43.3. The van der Waals surface area contributed by atoms with Gasteiger partial charge in [0.2, 0.25) is 0 Å². The highest BCUT2D eigenvalue weighted by Crippen LogP contribution is 1.60. The minimum atomic E-state index is -2.42. The van der Waals surface area contributed by atoms with Gasteiger partial charge in [0.1, 0.15) is 21.3 Å². The van der Waals surface area contributed by atoms with E-state index >= 15 is 0 Å². The van der Waals surface area contributed by atoms with Crippen LogP contribution < -0.4 is 5.02 Å². The molecule has 0 aliphatic rings. The van der Waals surface area contributed by atoms with Gasteiger partial charge in [0.05, 0.1) is 0 Å². The molecular formula is C3H20B4O13. The summed E-state index contributed by atoms with van der Waals surface area (Å²) in [6.07, 6.45) is 0. The summed E-state index contributed by atoms with van der Waals surface area (Å²) in [4.78, 5) is 0. The van der Waals surface area contributed by atoms with E-state index in [4.69, 9.17) is 60.3 Å². The fourth-order valence-electron chi connectivity index (χ4n) is 0. The predicted octanol–water partition coefficient (Wildman–Crippen LogP) is -8.41. The second kappa shape index (κ2) is 27.1. The molecule has 0 aromatic carbocycles. The molecule has 0 spiro atoms. The molecule has 0 saturated carbocycles. The summed E-state index contributed by atoms with van der Waals surface area (Å²) in [6, 6.07) is 0. The molecule has 11 N–H and O–H groups in total. The maximum absolute atomic E-state index is 8.64. The van der Waals surface area contributed by atoms with E-state index in [9.17, 15) is 0 Å². The molecule has 17 heteroatoms. The average molecular weight is 307 g/mol. The Hall–Kier alpha value is -0.260. The third-order valence-electron chi connectivity index (χ3n) is 0. The van der Waals surface area contributed by atoms with Crippen LogP contribution in [0.5, 0.6) is 0 Å². The van der Waals surface area contributed by atoms with Crippen LogP contribution in [-0.2, 0) is 4.37 Å². The van der Waals surface area contributed by atoms with E-state index in [1.165, 1.54) is 0 Å². The SMILES string of the molecule is C[O+](C)C.OB(O)O.OB(O)O.OB(O)O.[O-]B(O)O. The first kappa shape index (κ1) is 31.9. The predicted molar refractivity (Wildman–Crippen MR) is 66.3 cm³/mol. The van der Waals surface area contributed by atoms with Crippen LogP contribution in [-0.4, -0.2) is 106 Å². The monoisotopic (exact) mass is 308 g/mol. The minimum absolute atomic E-state index is 1.92. The zero-order valence-corrected chi connectivity index (χ0v) is 11.0. The Bertz CT molecular complexity index is 84.2. The first-order valence-electron chi connectivity index (χ1n) is 4.30. The van der Waals surface area contributed by atoms with Crippen LogP contribution in [0.25, 0.3) is 0 Å². The molecule has 0 unspecified atom stereocenters. The molecule has 0 aromatic rings. The quantitative estimate of drug-likeness (QED) is 0.147. The van der Waals surface area contributed by atoms with Crippen molar-refractivity contribution in [1.82, 2.24) is 0 Å². The van der Waals surface area contributed by atoms with Crippen LogP contribution in [0, 0.1) is 0 Å². The van der Waals surface area contributed by atoms with Crippen molar-refractivity contribution in [3.8, 4) is 0 Å². The lowest BCUT2D eigenvalue weighted by molar-refractivity contribution is -0.242. The molecule has 0 aromatic heterocycles. The Balaban J connectivity index is -0.0000000469. The third kappa shape index (κ3) is 73400. The standard InChI is InChI=1S/C3H9O.3BH3O3.BH2O3/c1-4(2)3;4*2-1(3)4/h1-3H3;3*2-4H;2-3H/q+1;;;;-1. The van der Waals surface area contributed by atoms with E-state index in [-0.39, 0.29) is 0 Å². The summed E-state index contributed by atoms with van der Waals surface area (Å²) >= 11 is 0. The number of hydrogen-bond acceptors (Lipinski definition) is 12. The van der Waals surface area contributed by atoms with E-state index in [0.717, 1.165) is 0 Å². The zero-order chi connectivity index (χ0) is 17.9. The molecular weight excluding hydrogens is 287 g/mol. The molecule has 122 valence electrons. The molecule has 0 fully saturated rings. The minimum Gasteiger partial charge on any atom is -0.832 e. The first-order chi connectivity index (χ1) is 8.66. The lowest BCUT2D eigenvalue weighted by Gasteiger charge is -1.92. The van der Waals surface area contributed by atoms with Gasteiger partial charge in [-0.1, -0.05) is 0 Å². The highest BCUT2D eigenvalue weighted by atomic mass is 16.6. The van der Waals surface area contributed by atoms with Crippen molar-refractivity contribution in [3.63, 3.8) is 0 Å². The Labute approximate surface area is 116 Å². The van der Waals surface area contributed by atoms with Gasteiger partial charge in [-0.15, -0.1) is 0 Å². The summed E-state index contributed by atoms with van der Waals surface area (Å²) in [7, 11) is -3.17. The Morgan fingerprint density at radius 3 is 0.550 bits per heavy atom. The number of rotatable bonds is 0. The molecule has 0 aliphatic carbocycles. The van der Waals surface area contributed by atoms with Gasteiger partial charge >= 0.3 is 29.3 Å². The number of hydrogen-bond donors (Lipinski definition) is 11. The molecule has 0 aliphatic heterocycles. The highest BCUT2D eigenvalue weighted by Gasteiger charge is 1.93. The summed E-state index contributed by atoms with van der Waals surface area (Å²) in [5, 5.41) is 87.2. The van der Waals surface area contributed by atoms with Crippen LogP contribution in [0.1, 0.15) is 0 Å². The van der Waals surface area contributed by atoms with Gasteiger partial charge in [-0.05, 0) is 0 Å². The summed E-state index contributed by atoms with van der Waals surface area (Å²) in [5.41, 5.74) is 0. The fraction of sp³-hybridized carbons (Fsp3) is 1.00. The third-order valence-corrected chi connectivity index (χ3v) is 0. The van der Waals surface area contributed by atoms with Gasteiger partial charge in [-0.3, -0.25) is 0 Å².